The van der Waals surface area contributed by atoms with Crippen molar-refractivity contribution in [1.29, 1.82) is 0 Å². The topological polar surface area (TPSA) is 73.2 Å². The third-order valence-electron chi connectivity index (χ3n) is 5.64. The summed E-state index contributed by atoms with van der Waals surface area (Å²) >= 11 is 0. The minimum Gasteiger partial charge on any atom is -0.489 e. The van der Waals surface area contributed by atoms with Gasteiger partial charge in [0.1, 0.15) is 12.4 Å². The summed E-state index contributed by atoms with van der Waals surface area (Å²) in [5.74, 6) is 0.439. The van der Waals surface area contributed by atoms with E-state index < -0.39 is 0 Å². The largest absolute Gasteiger partial charge is 0.489 e. The maximum absolute atomic E-state index is 12.9. The molecule has 0 aliphatic heterocycles. The molecule has 0 atom stereocenters. The summed E-state index contributed by atoms with van der Waals surface area (Å²) in [4.78, 5) is 30.1. The van der Waals surface area contributed by atoms with Crippen LogP contribution in [0.1, 0.15) is 21.5 Å². The number of fused-ring (bicyclic) bond motifs is 1. The van der Waals surface area contributed by atoms with E-state index in [4.69, 9.17) is 4.74 Å². The quantitative estimate of drug-likeness (QED) is 0.358. The molecule has 1 heterocycles. The lowest BCUT2D eigenvalue weighted by Crippen LogP contribution is -2.21. The van der Waals surface area contributed by atoms with Crippen LogP contribution in [0.25, 0.3) is 10.9 Å². The van der Waals surface area contributed by atoms with Gasteiger partial charge in [0.15, 0.2) is 0 Å². The summed E-state index contributed by atoms with van der Waals surface area (Å²) in [5.41, 5.74) is 3.52. The predicted molar refractivity (Wildman–Crippen MR) is 137 cm³/mol. The molecule has 5 aromatic rings. The van der Waals surface area contributed by atoms with Crippen LogP contribution in [-0.4, -0.2) is 15.5 Å². The fourth-order valence-electron chi connectivity index (χ4n) is 3.77. The average molecular weight is 462 g/mol. The Kier molecular flexibility index (Phi) is 6.35. The van der Waals surface area contributed by atoms with Crippen LogP contribution in [-0.2, 0) is 13.2 Å². The van der Waals surface area contributed by atoms with Crippen LogP contribution in [0, 0.1) is 0 Å². The Morgan fingerprint density at radius 3 is 2.23 bits per heavy atom. The molecule has 1 aromatic heterocycles. The van der Waals surface area contributed by atoms with E-state index in [1.54, 1.807) is 34.9 Å². The second-order valence-electron chi connectivity index (χ2n) is 8.15. The third kappa shape index (κ3) is 5.28. The van der Waals surface area contributed by atoms with Gasteiger partial charge in [-0.1, -0.05) is 60.7 Å². The standard InChI is InChI=1S/C29H23N3O3/c33-28(31-24-12-14-25(15-13-24)35-19-22-9-5-2-6-10-22)23-11-16-26-27(17-23)30-20-32(29(26)34)18-21-7-3-1-4-8-21/h1-17,20H,18-19H2,(H,31,33). The van der Waals surface area contributed by atoms with E-state index in [9.17, 15) is 9.59 Å². The molecule has 1 amide bonds. The van der Waals surface area contributed by atoms with Crippen molar-refractivity contribution >= 4 is 22.5 Å². The molecule has 0 aliphatic rings. The smallest absolute Gasteiger partial charge is 0.261 e. The van der Waals surface area contributed by atoms with Crippen LogP contribution in [0.4, 0.5) is 5.69 Å². The molecular weight excluding hydrogens is 438 g/mol. The van der Waals surface area contributed by atoms with Gasteiger partial charge in [-0.15, -0.1) is 0 Å². The minimum absolute atomic E-state index is 0.142. The van der Waals surface area contributed by atoms with Crippen molar-refractivity contribution in [3.8, 4) is 5.75 Å². The fraction of sp³-hybridized carbons (Fsp3) is 0.0690. The molecule has 6 nitrogen and oxygen atoms in total. The highest BCUT2D eigenvalue weighted by Crippen LogP contribution is 2.19. The van der Waals surface area contributed by atoms with E-state index in [-0.39, 0.29) is 11.5 Å². The molecule has 1 N–H and O–H groups in total. The molecule has 35 heavy (non-hydrogen) atoms. The van der Waals surface area contributed by atoms with Crippen LogP contribution < -0.4 is 15.6 Å². The molecular formula is C29H23N3O3. The lowest BCUT2D eigenvalue weighted by molar-refractivity contribution is 0.102. The van der Waals surface area contributed by atoms with Crippen molar-refractivity contribution in [2.24, 2.45) is 0 Å². The summed E-state index contributed by atoms with van der Waals surface area (Å²) < 4.78 is 7.36. The minimum atomic E-state index is -0.278. The number of nitrogens with zero attached hydrogens (tertiary/aromatic N) is 2. The summed E-state index contributed by atoms with van der Waals surface area (Å²) in [6, 6.07) is 31.8. The summed E-state index contributed by atoms with van der Waals surface area (Å²) in [6.07, 6.45) is 1.52. The molecule has 0 spiro atoms. The number of aromatic nitrogens is 2. The normalized spacial score (nSPS) is 10.7. The van der Waals surface area contributed by atoms with Crippen molar-refractivity contribution in [2.45, 2.75) is 13.2 Å². The van der Waals surface area contributed by atoms with Crippen molar-refractivity contribution in [3.63, 3.8) is 0 Å². The highest BCUT2D eigenvalue weighted by Gasteiger charge is 2.11. The first-order chi connectivity index (χ1) is 17.2. The van der Waals surface area contributed by atoms with Crippen molar-refractivity contribution in [3.05, 3.63) is 136 Å². The van der Waals surface area contributed by atoms with E-state index in [1.807, 2.05) is 72.8 Å². The molecule has 0 saturated carbocycles. The molecule has 5 rings (SSSR count). The maximum atomic E-state index is 12.9. The number of ether oxygens (including phenoxy) is 1. The van der Waals surface area contributed by atoms with E-state index in [2.05, 4.69) is 10.3 Å². The Labute approximate surface area is 202 Å². The number of hydrogen-bond acceptors (Lipinski definition) is 4. The Morgan fingerprint density at radius 2 is 1.51 bits per heavy atom. The average Bonchev–Trinajstić information content (AvgIpc) is 2.91. The lowest BCUT2D eigenvalue weighted by Gasteiger charge is -2.10. The van der Waals surface area contributed by atoms with Crippen LogP contribution in [0.3, 0.4) is 0 Å². The third-order valence-corrected chi connectivity index (χ3v) is 5.64. The zero-order chi connectivity index (χ0) is 24.0. The van der Waals surface area contributed by atoms with Gasteiger partial charge in [0.05, 0.1) is 23.8 Å². The Bertz CT molecular complexity index is 1510. The van der Waals surface area contributed by atoms with Crippen molar-refractivity contribution in [2.75, 3.05) is 5.32 Å². The number of hydrogen-bond donors (Lipinski definition) is 1. The van der Waals surface area contributed by atoms with Gasteiger partial charge in [-0.3, -0.25) is 14.2 Å². The van der Waals surface area contributed by atoms with Gasteiger partial charge in [0.2, 0.25) is 0 Å². The SMILES string of the molecule is O=C(Nc1ccc(OCc2ccccc2)cc1)c1ccc2c(=O)n(Cc3ccccc3)cnc2c1. The number of carbonyl (C=O) groups is 1. The van der Waals surface area contributed by atoms with Crippen LogP contribution >= 0.6 is 0 Å². The molecule has 4 aromatic carbocycles. The van der Waals surface area contributed by atoms with E-state index in [0.717, 1.165) is 11.1 Å². The van der Waals surface area contributed by atoms with E-state index >= 15 is 0 Å². The lowest BCUT2D eigenvalue weighted by atomic mass is 10.1. The predicted octanol–water partition coefficient (Wildman–Crippen LogP) is 5.28. The molecule has 0 bridgehead atoms. The van der Waals surface area contributed by atoms with Gasteiger partial charge in [0.25, 0.3) is 11.5 Å². The zero-order valence-electron chi connectivity index (χ0n) is 18.9. The van der Waals surface area contributed by atoms with Gasteiger partial charge in [-0.2, -0.15) is 0 Å². The molecule has 172 valence electrons. The number of nitrogens with one attached hydrogen (secondary N) is 1. The maximum Gasteiger partial charge on any atom is 0.261 e. The second kappa shape index (κ2) is 10.1. The number of rotatable bonds is 7. The molecule has 0 fully saturated rings. The Hall–Kier alpha value is -4.71. The van der Waals surface area contributed by atoms with Crippen LogP contribution in [0.5, 0.6) is 5.75 Å². The number of carbonyl (C=O) groups excluding carboxylic acids is 1. The number of amides is 1. The molecule has 0 unspecified atom stereocenters. The van der Waals surface area contributed by atoms with Gasteiger partial charge in [-0.05, 0) is 53.6 Å². The summed E-state index contributed by atoms with van der Waals surface area (Å²) in [7, 11) is 0. The fourth-order valence-corrected chi connectivity index (χ4v) is 3.77. The number of anilines is 1. The van der Waals surface area contributed by atoms with Gasteiger partial charge < -0.3 is 10.1 Å². The number of benzene rings is 4. The van der Waals surface area contributed by atoms with Gasteiger partial charge >= 0.3 is 0 Å². The van der Waals surface area contributed by atoms with Gasteiger partial charge in [0, 0.05) is 11.3 Å². The highest BCUT2D eigenvalue weighted by molar-refractivity contribution is 6.06. The molecule has 0 aliphatic carbocycles. The molecule has 0 radical (unpaired) electrons. The van der Waals surface area contributed by atoms with Crippen molar-refractivity contribution < 1.29 is 9.53 Å². The Balaban J connectivity index is 1.26. The first-order valence-electron chi connectivity index (χ1n) is 11.3. The Morgan fingerprint density at radius 1 is 0.829 bits per heavy atom. The van der Waals surface area contributed by atoms with E-state index in [0.29, 0.717) is 41.1 Å². The first-order valence-corrected chi connectivity index (χ1v) is 11.3. The first kappa shape index (κ1) is 22.1. The van der Waals surface area contributed by atoms with Crippen molar-refractivity contribution in [1.82, 2.24) is 9.55 Å². The summed E-state index contributed by atoms with van der Waals surface area (Å²) in [6.45, 7) is 0.916. The van der Waals surface area contributed by atoms with Gasteiger partial charge in [-0.25, -0.2) is 4.98 Å². The summed E-state index contributed by atoms with van der Waals surface area (Å²) in [5, 5.41) is 3.35. The molecule has 6 heteroatoms. The highest BCUT2D eigenvalue weighted by atomic mass is 16.5. The van der Waals surface area contributed by atoms with E-state index in [1.165, 1.54) is 6.33 Å². The monoisotopic (exact) mass is 461 g/mol. The second-order valence-corrected chi connectivity index (χ2v) is 8.15. The zero-order valence-corrected chi connectivity index (χ0v) is 18.9. The van der Waals surface area contributed by atoms with Crippen LogP contribution in [0.2, 0.25) is 0 Å². The molecule has 0 saturated heterocycles. The van der Waals surface area contributed by atoms with Crippen LogP contribution in [0.15, 0.2) is 114 Å².